The van der Waals surface area contributed by atoms with Crippen LogP contribution in [0.2, 0.25) is 0 Å². The van der Waals surface area contributed by atoms with Crippen LogP contribution in [0.15, 0.2) is 10.6 Å². The van der Waals surface area contributed by atoms with E-state index < -0.39 is 60.0 Å². The van der Waals surface area contributed by atoms with Crippen LogP contribution in [-0.2, 0) is 25.5 Å². The van der Waals surface area contributed by atoms with Gasteiger partial charge in [0, 0.05) is 13.0 Å². The number of hydrogen-bond acceptors (Lipinski definition) is 10. The lowest BCUT2D eigenvalue weighted by molar-refractivity contribution is -0.153. The number of fused-ring (bicyclic) bond motifs is 5. The van der Waals surface area contributed by atoms with E-state index in [1.54, 1.807) is 18.7 Å². The van der Waals surface area contributed by atoms with E-state index in [2.05, 4.69) is 15.8 Å². The van der Waals surface area contributed by atoms with Gasteiger partial charge in [-0.1, -0.05) is 5.16 Å². The first-order chi connectivity index (χ1) is 17.1. The molecule has 5 heterocycles. The van der Waals surface area contributed by atoms with Gasteiger partial charge < -0.3 is 24.0 Å². The van der Waals surface area contributed by atoms with Crippen molar-refractivity contribution in [2.24, 2.45) is 5.41 Å². The van der Waals surface area contributed by atoms with Gasteiger partial charge in [-0.2, -0.15) is 0 Å². The Morgan fingerprint density at radius 2 is 1.92 bits per heavy atom. The molecular formula is C22H22FN5O8. The summed E-state index contributed by atoms with van der Waals surface area (Å²) in [6, 6.07) is -0.319. The van der Waals surface area contributed by atoms with Gasteiger partial charge in [-0.05, 0) is 25.5 Å². The first-order valence-electron chi connectivity index (χ1n) is 11.4. The molecule has 3 saturated heterocycles. The average Bonchev–Trinajstić information content (AvgIpc) is 3.39. The number of benzene rings is 1. The number of amides is 5. The number of halogens is 1. The average molecular weight is 503 g/mol. The number of cyclic esters (lactones) is 1. The second-order valence-electron chi connectivity index (χ2n) is 9.51. The molecule has 36 heavy (non-hydrogen) atoms. The fraction of sp³-hybridized carbons (Fsp3) is 0.500. The highest BCUT2D eigenvalue weighted by atomic mass is 19.1. The summed E-state index contributed by atoms with van der Waals surface area (Å²) >= 11 is 0. The number of aromatic nitrogens is 1. The normalized spacial score (nSPS) is 29.2. The number of nitrogens with zero attached hydrogens (tertiary/aromatic N) is 3. The van der Waals surface area contributed by atoms with Gasteiger partial charge >= 0.3 is 12.1 Å². The predicted molar refractivity (Wildman–Crippen MR) is 118 cm³/mol. The summed E-state index contributed by atoms with van der Waals surface area (Å²) in [7, 11) is 0. The van der Waals surface area contributed by atoms with Crippen LogP contribution in [-0.4, -0.2) is 78.3 Å². The van der Waals surface area contributed by atoms with E-state index >= 15 is 4.39 Å². The lowest BCUT2D eigenvalue weighted by Crippen LogP contribution is -2.75. The molecule has 4 atom stereocenters. The minimum atomic E-state index is -1.79. The number of anilines is 2. The molecule has 1 spiro atoms. The Balaban J connectivity index is 1.55. The van der Waals surface area contributed by atoms with E-state index in [9.17, 15) is 24.3 Å². The maximum absolute atomic E-state index is 16.1. The van der Waals surface area contributed by atoms with Crippen molar-refractivity contribution in [3.63, 3.8) is 0 Å². The van der Waals surface area contributed by atoms with Crippen molar-refractivity contribution in [2.45, 2.75) is 44.6 Å². The predicted octanol–water partition coefficient (Wildman–Crippen LogP) is 0.175. The number of barbiturate groups is 1. The molecule has 14 heteroatoms. The minimum Gasteiger partial charge on any atom is -0.441 e. The Morgan fingerprint density at radius 1 is 1.19 bits per heavy atom. The van der Waals surface area contributed by atoms with Crippen LogP contribution < -0.4 is 20.4 Å². The SMILES string of the molecule is C[C@@H]1CN2c3c(cc4c(N5C[C@H](CO)OC5=O)noc4c3F)CC3(C(=O)NC(=O)NC3=O)[C@H]2[C@H](C)O1. The standard InChI is InChI=1S/C22H22FN5O8/c1-8-5-27-14-10(4-22(16(27)9(2)34-8)18(30)24-20(32)25-19(22)31)3-12-15(13(14)23)36-26-17(12)28-6-11(7-29)35-21(28)33/h3,8-9,11,16,29H,4-7H2,1-2H3,(H2,24,25,30,31,32)/t8-,9+,11-,16-/m1/s1. The smallest absolute Gasteiger partial charge is 0.416 e. The molecule has 190 valence electrons. The molecule has 1 aromatic heterocycles. The van der Waals surface area contributed by atoms with Gasteiger partial charge in [0.05, 0.1) is 42.5 Å². The molecular weight excluding hydrogens is 481 g/mol. The molecule has 2 aromatic rings. The highest BCUT2D eigenvalue weighted by Gasteiger charge is 2.63. The molecule has 4 aliphatic rings. The molecule has 0 aliphatic carbocycles. The number of nitrogens with one attached hydrogen (secondary N) is 2. The van der Waals surface area contributed by atoms with Crippen molar-refractivity contribution in [2.75, 3.05) is 29.5 Å². The Kier molecular flexibility index (Phi) is 4.79. The largest absolute Gasteiger partial charge is 0.441 e. The fourth-order valence-electron chi connectivity index (χ4n) is 5.92. The summed E-state index contributed by atoms with van der Waals surface area (Å²) < 4.78 is 32.4. The zero-order valence-corrected chi connectivity index (χ0v) is 19.2. The van der Waals surface area contributed by atoms with Crippen LogP contribution in [0.5, 0.6) is 0 Å². The third-order valence-electron chi connectivity index (χ3n) is 7.28. The number of aliphatic hydroxyl groups is 1. The van der Waals surface area contributed by atoms with E-state index in [0.717, 1.165) is 4.90 Å². The number of imide groups is 2. The molecule has 6 rings (SSSR count). The Bertz CT molecular complexity index is 1320. The van der Waals surface area contributed by atoms with Crippen molar-refractivity contribution in [3.8, 4) is 0 Å². The second kappa shape index (κ2) is 7.61. The molecule has 13 nitrogen and oxygen atoms in total. The van der Waals surface area contributed by atoms with Crippen LogP contribution in [0.25, 0.3) is 11.0 Å². The number of aliphatic hydroxyl groups excluding tert-OH is 1. The Morgan fingerprint density at radius 3 is 2.58 bits per heavy atom. The fourth-order valence-corrected chi connectivity index (χ4v) is 5.92. The van der Waals surface area contributed by atoms with Gasteiger partial charge in [-0.15, -0.1) is 0 Å². The van der Waals surface area contributed by atoms with Gasteiger partial charge in [-0.25, -0.2) is 14.0 Å². The van der Waals surface area contributed by atoms with Crippen LogP contribution in [0, 0.1) is 11.2 Å². The number of rotatable bonds is 2. The molecule has 3 fully saturated rings. The Labute approximate surface area is 202 Å². The number of carbonyl (C=O) groups excluding carboxylic acids is 4. The van der Waals surface area contributed by atoms with Gasteiger partial charge in [-0.3, -0.25) is 25.1 Å². The number of urea groups is 1. The van der Waals surface area contributed by atoms with Gasteiger partial charge in [0.1, 0.15) is 6.10 Å². The van der Waals surface area contributed by atoms with E-state index in [4.69, 9.17) is 14.0 Å². The topological polar surface area (TPSA) is 164 Å². The first-order valence-corrected chi connectivity index (χ1v) is 11.4. The molecule has 0 radical (unpaired) electrons. The van der Waals surface area contributed by atoms with Crippen molar-refractivity contribution >= 4 is 46.4 Å². The van der Waals surface area contributed by atoms with Crippen molar-refractivity contribution < 1.29 is 42.7 Å². The monoisotopic (exact) mass is 503 g/mol. The van der Waals surface area contributed by atoms with E-state index in [-0.39, 0.29) is 48.1 Å². The lowest BCUT2D eigenvalue weighted by atomic mass is 9.66. The van der Waals surface area contributed by atoms with Crippen LogP contribution >= 0.6 is 0 Å². The minimum absolute atomic E-state index is 0.0136. The third-order valence-corrected chi connectivity index (χ3v) is 7.28. The maximum atomic E-state index is 16.1. The zero-order valence-electron chi connectivity index (χ0n) is 19.2. The van der Waals surface area contributed by atoms with E-state index in [1.807, 2.05) is 0 Å². The highest BCUT2D eigenvalue weighted by molar-refractivity contribution is 6.20. The summed E-state index contributed by atoms with van der Waals surface area (Å²) in [6.45, 7) is 3.22. The van der Waals surface area contributed by atoms with Gasteiger partial charge in [0.2, 0.25) is 17.4 Å². The lowest BCUT2D eigenvalue weighted by Gasteiger charge is -2.55. The summed E-state index contributed by atoms with van der Waals surface area (Å²) in [6.07, 6.45) is -2.82. The van der Waals surface area contributed by atoms with Gasteiger partial charge in [0.15, 0.2) is 17.1 Å². The maximum Gasteiger partial charge on any atom is 0.416 e. The zero-order chi connectivity index (χ0) is 25.5. The number of hydrogen-bond donors (Lipinski definition) is 3. The molecule has 1 aromatic carbocycles. The number of morpholine rings is 1. The van der Waals surface area contributed by atoms with E-state index in [1.165, 1.54) is 6.07 Å². The highest BCUT2D eigenvalue weighted by Crippen LogP contribution is 2.49. The number of carbonyl (C=O) groups is 4. The summed E-state index contributed by atoms with van der Waals surface area (Å²) in [4.78, 5) is 53.5. The van der Waals surface area contributed by atoms with Gasteiger partial charge in [0.25, 0.3) is 0 Å². The van der Waals surface area contributed by atoms with E-state index in [0.29, 0.717) is 5.56 Å². The molecule has 0 bridgehead atoms. The molecule has 4 aliphatic heterocycles. The van der Waals surface area contributed by atoms with Crippen LogP contribution in [0.1, 0.15) is 19.4 Å². The van der Waals surface area contributed by atoms with Crippen LogP contribution in [0.3, 0.4) is 0 Å². The number of ether oxygens (including phenoxy) is 2. The molecule has 3 N–H and O–H groups in total. The van der Waals surface area contributed by atoms with Crippen molar-refractivity contribution in [1.29, 1.82) is 0 Å². The molecule has 5 amide bonds. The third kappa shape index (κ3) is 2.91. The molecule has 0 saturated carbocycles. The summed E-state index contributed by atoms with van der Waals surface area (Å²) in [5.74, 6) is -2.38. The summed E-state index contributed by atoms with van der Waals surface area (Å²) in [5, 5.41) is 17.7. The van der Waals surface area contributed by atoms with Crippen LogP contribution in [0.4, 0.5) is 25.5 Å². The second-order valence-corrected chi connectivity index (χ2v) is 9.51. The quantitative estimate of drug-likeness (QED) is 0.482. The van der Waals surface area contributed by atoms with Crippen molar-refractivity contribution in [1.82, 2.24) is 15.8 Å². The molecule has 0 unspecified atom stereocenters. The Hall–Kier alpha value is -3.78. The first kappa shape index (κ1) is 22.7. The van der Waals surface area contributed by atoms with Crippen molar-refractivity contribution in [3.05, 3.63) is 17.4 Å². The summed E-state index contributed by atoms with van der Waals surface area (Å²) in [5.41, 5.74) is -1.56.